The second-order valence-corrected chi connectivity index (χ2v) is 4.80. The lowest BCUT2D eigenvalue weighted by atomic mass is 10.1. The fraction of sp³-hybridized carbons (Fsp3) is 0.308. The van der Waals surface area contributed by atoms with E-state index in [1.165, 1.54) is 6.07 Å². The molecule has 0 aliphatic carbocycles. The maximum absolute atomic E-state index is 11.2. The molecule has 2 aromatic rings. The van der Waals surface area contributed by atoms with Gasteiger partial charge in [-0.25, -0.2) is 4.79 Å². The Labute approximate surface area is 115 Å². The van der Waals surface area contributed by atoms with Crippen LogP contribution in [0.15, 0.2) is 18.2 Å². The van der Waals surface area contributed by atoms with E-state index in [9.17, 15) is 4.79 Å². The quantitative estimate of drug-likeness (QED) is 0.908. The summed E-state index contributed by atoms with van der Waals surface area (Å²) in [6.07, 6.45) is 1.75. The predicted molar refractivity (Wildman–Crippen MR) is 72.1 cm³/mol. The smallest absolute Gasteiger partial charge is 0.339 e. The van der Waals surface area contributed by atoms with Crippen molar-refractivity contribution >= 4 is 17.5 Å². The Morgan fingerprint density at radius 3 is 2.95 bits per heavy atom. The molecule has 0 amide bonds. The van der Waals surface area contributed by atoms with E-state index in [4.69, 9.17) is 9.84 Å². The zero-order chi connectivity index (χ0) is 13.8. The number of carbonyl (C=O) groups is 1. The van der Waals surface area contributed by atoms with Crippen LogP contribution in [0.1, 0.15) is 35.1 Å². The van der Waals surface area contributed by atoms with Crippen molar-refractivity contribution in [2.45, 2.75) is 26.7 Å². The third kappa shape index (κ3) is 3.08. The SMILES string of the molecule is CCCc1nsc(Oc2c(C)cccc2C(=O)O)n1. The van der Waals surface area contributed by atoms with Crippen LogP contribution in [0.3, 0.4) is 0 Å². The summed E-state index contributed by atoms with van der Waals surface area (Å²) in [5, 5.41) is 9.52. The Balaban J connectivity index is 2.29. The van der Waals surface area contributed by atoms with E-state index in [0.717, 1.165) is 35.8 Å². The second kappa shape index (κ2) is 5.79. The van der Waals surface area contributed by atoms with Crippen molar-refractivity contribution in [3.8, 4) is 10.9 Å². The average Bonchev–Trinajstić information content (AvgIpc) is 2.79. The van der Waals surface area contributed by atoms with Gasteiger partial charge in [-0.1, -0.05) is 19.1 Å². The van der Waals surface area contributed by atoms with Crippen LogP contribution in [0.25, 0.3) is 0 Å². The van der Waals surface area contributed by atoms with E-state index >= 15 is 0 Å². The van der Waals surface area contributed by atoms with Gasteiger partial charge in [0.15, 0.2) is 0 Å². The zero-order valence-corrected chi connectivity index (χ0v) is 11.5. The molecule has 0 aliphatic rings. The Morgan fingerprint density at radius 1 is 1.47 bits per heavy atom. The number of hydrogen-bond acceptors (Lipinski definition) is 5. The number of nitrogens with zero attached hydrogens (tertiary/aromatic N) is 2. The highest BCUT2D eigenvalue weighted by Gasteiger charge is 2.16. The molecule has 0 unspecified atom stereocenters. The lowest BCUT2D eigenvalue weighted by Crippen LogP contribution is -2.01. The van der Waals surface area contributed by atoms with E-state index in [1.807, 2.05) is 6.92 Å². The molecule has 0 bridgehead atoms. The topological polar surface area (TPSA) is 72.3 Å². The molecule has 1 aromatic carbocycles. The Kier molecular flexibility index (Phi) is 4.11. The number of carboxylic acid groups (broad SMARTS) is 1. The lowest BCUT2D eigenvalue weighted by molar-refractivity contribution is 0.0694. The maximum Gasteiger partial charge on any atom is 0.339 e. The number of aryl methyl sites for hydroxylation is 2. The van der Waals surface area contributed by atoms with Gasteiger partial charge in [-0.3, -0.25) is 0 Å². The van der Waals surface area contributed by atoms with Crippen molar-refractivity contribution in [2.24, 2.45) is 0 Å². The van der Waals surface area contributed by atoms with Gasteiger partial charge >= 0.3 is 5.97 Å². The molecule has 0 radical (unpaired) electrons. The largest absolute Gasteiger partial charge is 0.478 e. The van der Waals surface area contributed by atoms with Crippen molar-refractivity contribution in [1.82, 2.24) is 9.36 Å². The monoisotopic (exact) mass is 278 g/mol. The molecular weight excluding hydrogens is 264 g/mol. The van der Waals surface area contributed by atoms with Crippen LogP contribution in [-0.4, -0.2) is 20.4 Å². The first-order valence-corrected chi connectivity index (χ1v) is 6.72. The normalized spacial score (nSPS) is 10.4. The van der Waals surface area contributed by atoms with Gasteiger partial charge in [0.1, 0.15) is 17.1 Å². The van der Waals surface area contributed by atoms with Gasteiger partial charge in [-0.05, 0) is 25.0 Å². The van der Waals surface area contributed by atoms with E-state index in [0.29, 0.717) is 10.9 Å². The zero-order valence-electron chi connectivity index (χ0n) is 10.7. The summed E-state index contributed by atoms with van der Waals surface area (Å²) in [6.45, 7) is 3.85. The van der Waals surface area contributed by atoms with Crippen LogP contribution in [0.4, 0.5) is 0 Å². The van der Waals surface area contributed by atoms with Gasteiger partial charge in [0.05, 0.1) is 0 Å². The van der Waals surface area contributed by atoms with Gasteiger partial charge in [-0.15, -0.1) is 0 Å². The Hall–Kier alpha value is -1.95. The standard InChI is InChI=1S/C13H14N2O3S/c1-3-5-10-14-13(19-15-10)18-11-8(2)6-4-7-9(11)12(16)17/h4,6-7H,3,5H2,1-2H3,(H,16,17). The van der Waals surface area contributed by atoms with Gasteiger partial charge in [0, 0.05) is 18.0 Å². The van der Waals surface area contributed by atoms with Crippen LogP contribution in [0.2, 0.25) is 0 Å². The van der Waals surface area contributed by atoms with Crippen molar-refractivity contribution < 1.29 is 14.6 Å². The number of hydrogen-bond donors (Lipinski definition) is 1. The molecule has 0 atom stereocenters. The summed E-state index contributed by atoms with van der Waals surface area (Å²) in [6, 6.07) is 5.00. The summed E-state index contributed by atoms with van der Waals surface area (Å²) < 4.78 is 9.76. The minimum Gasteiger partial charge on any atom is -0.478 e. The van der Waals surface area contributed by atoms with Crippen LogP contribution in [0.5, 0.6) is 10.9 Å². The van der Waals surface area contributed by atoms with Crippen LogP contribution < -0.4 is 4.74 Å². The third-order valence-electron chi connectivity index (χ3n) is 2.55. The van der Waals surface area contributed by atoms with E-state index in [2.05, 4.69) is 9.36 Å². The molecule has 5 nitrogen and oxygen atoms in total. The summed E-state index contributed by atoms with van der Waals surface area (Å²) in [5.74, 6) is 0.0409. The average molecular weight is 278 g/mol. The molecule has 0 spiro atoms. The molecule has 0 saturated carbocycles. The summed E-state index contributed by atoms with van der Waals surface area (Å²) >= 11 is 1.14. The molecule has 1 heterocycles. The number of ether oxygens (including phenoxy) is 1. The molecule has 2 rings (SSSR count). The number of para-hydroxylation sites is 1. The molecule has 0 aliphatic heterocycles. The minimum absolute atomic E-state index is 0.132. The van der Waals surface area contributed by atoms with E-state index < -0.39 is 5.97 Å². The number of carboxylic acids is 1. The first-order valence-electron chi connectivity index (χ1n) is 5.95. The summed E-state index contributed by atoms with van der Waals surface area (Å²) in [4.78, 5) is 15.4. The van der Waals surface area contributed by atoms with Crippen LogP contribution >= 0.6 is 11.5 Å². The molecule has 100 valence electrons. The minimum atomic E-state index is -1.02. The molecule has 0 fully saturated rings. The fourth-order valence-electron chi connectivity index (χ4n) is 1.65. The first-order chi connectivity index (χ1) is 9.11. The number of aromatic nitrogens is 2. The third-order valence-corrected chi connectivity index (χ3v) is 3.19. The highest BCUT2D eigenvalue weighted by Crippen LogP contribution is 2.30. The summed E-state index contributed by atoms with van der Waals surface area (Å²) in [5.41, 5.74) is 0.888. The number of rotatable bonds is 5. The maximum atomic E-state index is 11.2. The van der Waals surface area contributed by atoms with E-state index in [-0.39, 0.29) is 5.56 Å². The molecule has 0 saturated heterocycles. The number of aromatic carboxylic acids is 1. The van der Waals surface area contributed by atoms with Crippen molar-refractivity contribution in [2.75, 3.05) is 0 Å². The van der Waals surface area contributed by atoms with Crippen molar-refractivity contribution in [3.05, 3.63) is 35.2 Å². The van der Waals surface area contributed by atoms with Gasteiger partial charge in [0.25, 0.3) is 5.19 Å². The highest BCUT2D eigenvalue weighted by atomic mass is 32.1. The fourth-order valence-corrected chi connectivity index (χ4v) is 2.23. The molecule has 6 heteroatoms. The van der Waals surface area contributed by atoms with Crippen LogP contribution in [0, 0.1) is 6.92 Å². The number of benzene rings is 1. The molecule has 1 aromatic heterocycles. The second-order valence-electron chi connectivity index (χ2n) is 4.09. The lowest BCUT2D eigenvalue weighted by Gasteiger charge is -2.08. The molecular formula is C13H14N2O3S. The first kappa shape index (κ1) is 13.5. The summed E-state index contributed by atoms with van der Waals surface area (Å²) in [7, 11) is 0. The Morgan fingerprint density at radius 2 is 2.26 bits per heavy atom. The van der Waals surface area contributed by atoms with Gasteiger partial charge in [-0.2, -0.15) is 9.36 Å². The molecule has 19 heavy (non-hydrogen) atoms. The van der Waals surface area contributed by atoms with Crippen LogP contribution in [-0.2, 0) is 6.42 Å². The van der Waals surface area contributed by atoms with E-state index in [1.54, 1.807) is 19.1 Å². The van der Waals surface area contributed by atoms with Gasteiger partial charge < -0.3 is 9.84 Å². The predicted octanol–water partition coefficient (Wildman–Crippen LogP) is 3.29. The van der Waals surface area contributed by atoms with Crippen molar-refractivity contribution in [3.63, 3.8) is 0 Å². The van der Waals surface area contributed by atoms with Gasteiger partial charge in [0.2, 0.25) is 0 Å². The highest BCUT2D eigenvalue weighted by molar-refractivity contribution is 7.07. The van der Waals surface area contributed by atoms with Crippen molar-refractivity contribution in [1.29, 1.82) is 0 Å². The molecule has 1 N–H and O–H groups in total. The Bertz CT molecular complexity index is 595.